The fraction of sp³-hybridized carbons (Fsp3) is 0.145. The van der Waals surface area contributed by atoms with E-state index in [1.54, 1.807) is 0 Å². The van der Waals surface area contributed by atoms with E-state index in [-0.39, 0.29) is 113 Å². The molecular weight excluding hydrogens is 1440 g/mol. The van der Waals surface area contributed by atoms with Gasteiger partial charge in [-0.15, -0.1) is 0 Å². The maximum atomic E-state index is 15.1. The number of pyridine rings is 1. The molecule has 0 saturated heterocycles. The van der Waals surface area contributed by atoms with Gasteiger partial charge < -0.3 is 4.57 Å². The topological polar surface area (TPSA) is 22.8 Å². The predicted molar refractivity (Wildman–Crippen MR) is 310 cm³/mol. The summed E-state index contributed by atoms with van der Waals surface area (Å²) in [7, 11) is 0. The molecule has 0 amide bonds. The van der Waals surface area contributed by atoms with Crippen LogP contribution in [0.3, 0.4) is 0 Å². The quantitative estimate of drug-likeness (QED) is 0.146. The molecule has 12 aromatic rings. The van der Waals surface area contributed by atoms with Crippen LogP contribution in [0.2, 0.25) is 0 Å². The monoisotopic (exact) mass is 1470 g/mol. The van der Waals surface area contributed by atoms with E-state index in [1.807, 2.05) is 0 Å². The van der Waals surface area contributed by atoms with E-state index >= 15 is 26.3 Å². The summed E-state index contributed by atoms with van der Waals surface area (Å²) in [6, 6.07) is 12.3. The number of rotatable bonds is 7. The van der Waals surface area contributed by atoms with Gasteiger partial charge in [-0.05, 0) is 171 Å². The highest BCUT2D eigenvalue weighted by Crippen LogP contribution is 2.50. The van der Waals surface area contributed by atoms with Gasteiger partial charge in [-0.3, -0.25) is 4.57 Å². The minimum absolute atomic E-state index is 0.0744. The van der Waals surface area contributed by atoms with Gasteiger partial charge in [-0.2, -0.15) is 132 Å². The van der Waals surface area contributed by atoms with Crippen LogP contribution in [0.15, 0.2) is 176 Å². The smallest absolute Gasteiger partial charge is 0.307 e. The van der Waals surface area contributed by atoms with Gasteiger partial charge >= 0.3 is 61.8 Å². The highest BCUT2D eigenvalue weighted by molar-refractivity contribution is 6.13. The average molecular weight is 1470 g/mol. The molecule has 0 fully saturated rings. The number of aromatic nitrogens is 3. The summed E-state index contributed by atoms with van der Waals surface area (Å²) in [5, 5.41) is -0.869. The Labute approximate surface area is 548 Å². The Bertz CT molecular complexity index is 4940. The van der Waals surface area contributed by atoms with Crippen LogP contribution in [0, 0.1) is 0 Å². The molecule has 0 atom stereocenters. The predicted octanol–water partition coefficient (Wildman–Crippen LogP) is 25.8. The third kappa shape index (κ3) is 13.7. The van der Waals surface area contributed by atoms with E-state index in [1.165, 1.54) is 0 Å². The SMILES string of the molecule is FC(F)(F)c1cc(-c2ccc3c4ccc(-c5cc(C(F)(F)F)cc(C(F)(F)F)c5)cc4n(-c4cc(-c5cc(C(F)(F)F)cc(C(F)(F)F)c5)c(-n5c6cc(-c7cc(C(F)(F)F)cc(C(F)(F)F)c7)ccc6c6ccc(-c7cc(C(F)(F)F)cc(C(F)(F)F)c7)cc65)cn4)c3c2)cc(C(F)(F)F)c1. The molecule has 3 heterocycles. The number of benzene rings is 9. The van der Waals surface area contributed by atoms with E-state index in [0.717, 1.165) is 81.9 Å². The lowest BCUT2D eigenvalue weighted by atomic mass is 9.97. The van der Waals surface area contributed by atoms with Gasteiger partial charge in [0.15, 0.2) is 0 Å². The third-order valence-electron chi connectivity index (χ3n) is 16.5. The summed E-state index contributed by atoms with van der Waals surface area (Å²) in [5.41, 5.74) is -30.4. The van der Waals surface area contributed by atoms with Crippen LogP contribution in [-0.4, -0.2) is 14.1 Å². The zero-order chi connectivity index (χ0) is 74.7. The van der Waals surface area contributed by atoms with Crippen LogP contribution in [0.25, 0.3) is 111 Å². The summed E-state index contributed by atoms with van der Waals surface area (Å²) in [6.07, 6.45) is -55.0. The van der Waals surface area contributed by atoms with Gasteiger partial charge in [-0.25, -0.2) is 4.98 Å². The summed E-state index contributed by atoms with van der Waals surface area (Å²) in [4.78, 5) is 4.43. The van der Waals surface area contributed by atoms with E-state index in [9.17, 15) is 105 Å². The molecule has 530 valence electrons. The zero-order valence-corrected chi connectivity index (χ0v) is 49.4. The first-order chi connectivity index (χ1) is 46.8. The van der Waals surface area contributed by atoms with Crippen LogP contribution in [0.5, 0.6) is 0 Å². The lowest BCUT2D eigenvalue weighted by Gasteiger charge is -2.20. The van der Waals surface area contributed by atoms with Crippen molar-refractivity contribution < 1.29 is 132 Å². The second-order valence-corrected chi connectivity index (χ2v) is 23.1. The lowest BCUT2D eigenvalue weighted by molar-refractivity contribution is -0.144. The molecule has 0 N–H and O–H groups in total. The molecule has 0 aliphatic rings. The molecule has 0 unspecified atom stereocenters. The third-order valence-corrected chi connectivity index (χ3v) is 16.5. The molecule has 102 heavy (non-hydrogen) atoms. The Kier molecular flexibility index (Phi) is 16.5. The Morgan fingerprint density at radius 1 is 0.196 bits per heavy atom. The van der Waals surface area contributed by atoms with Crippen LogP contribution < -0.4 is 0 Å². The average Bonchev–Trinajstić information content (AvgIpc) is 1.56. The number of fused-ring (bicyclic) bond motifs is 6. The Hall–Kier alpha value is -10.4. The van der Waals surface area contributed by atoms with Crippen LogP contribution >= 0.6 is 0 Å². The molecular formula is C69H29F30N3. The van der Waals surface area contributed by atoms with E-state index < -0.39 is 207 Å². The molecule has 0 saturated carbocycles. The number of nitrogens with zero attached hydrogens (tertiary/aromatic N) is 3. The molecule has 12 rings (SSSR count). The van der Waals surface area contributed by atoms with Crippen molar-refractivity contribution in [1.29, 1.82) is 0 Å². The number of hydrogen-bond acceptors (Lipinski definition) is 1. The largest absolute Gasteiger partial charge is 0.416 e. The summed E-state index contributed by atoms with van der Waals surface area (Å²) in [5.74, 6) is -0.844. The van der Waals surface area contributed by atoms with Gasteiger partial charge in [0.05, 0.1) is 89.6 Å². The van der Waals surface area contributed by atoms with Crippen molar-refractivity contribution in [3.8, 4) is 67.1 Å². The molecule has 0 spiro atoms. The summed E-state index contributed by atoms with van der Waals surface area (Å²) >= 11 is 0. The first-order valence-corrected chi connectivity index (χ1v) is 28.5. The Balaban J connectivity index is 1.25. The number of hydrogen-bond donors (Lipinski definition) is 0. The first-order valence-electron chi connectivity index (χ1n) is 28.5. The highest BCUT2D eigenvalue weighted by atomic mass is 19.4. The van der Waals surface area contributed by atoms with Gasteiger partial charge in [0, 0.05) is 27.1 Å². The van der Waals surface area contributed by atoms with Gasteiger partial charge in [0.1, 0.15) is 5.82 Å². The van der Waals surface area contributed by atoms with Crippen molar-refractivity contribution in [3.63, 3.8) is 0 Å². The van der Waals surface area contributed by atoms with Crippen LogP contribution in [0.1, 0.15) is 55.6 Å². The maximum absolute atomic E-state index is 15.1. The number of halogens is 30. The van der Waals surface area contributed by atoms with Crippen molar-refractivity contribution >= 4 is 43.6 Å². The van der Waals surface area contributed by atoms with E-state index in [4.69, 9.17) is 0 Å². The summed E-state index contributed by atoms with van der Waals surface area (Å²) < 4.78 is 438. The van der Waals surface area contributed by atoms with Crippen molar-refractivity contribution in [2.45, 2.75) is 61.8 Å². The Morgan fingerprint density at radius 2 is 0.392 bits per heavy atom. The molecule has 0 aliphatic carbocycles. The fourth-order valence-electron chi connectivity index (χ4n) is 11.8. The molecule has 0 aliphatic heterocycles. The summed E-state index contributed by atoms with van der Waals surface area (Å²) in [6.45, 7) is 0. The van der Waals surface area contributed by atoms with Crippen molar-refractivity contribution in [3.05, 3.63) is 232 Å². The minimum atomic E-state index is -5.76. The fourth-order valence-corrected chi connectivity index (χ4v) is 11.8. The second kappa shape index (κ2) is 23.6. The molecule has 0 bridgehead atoms. The second-order valence-electron chi connectivity index (χ2n) is 23.1. The van der Waals surface area contributed by atoms with E-state index in [2.05, 4.69) is 4.98 Å². The first kappa shape index (κ1) is 71.5. The van der Waals surface area contributed by atoms with Crippen LogP contribution in [0.4, 0.5) is 132 Å². The lowest BCUT2D eigenvalue weighted by Crippen LogP contribution is -2.12. The van der Waals surface area contributed by atoms with Crippen molar-refractivity contribution in [2.75, 3.05) is 0 Å². The molecule has 3 nitrogen and oxygen atoms in total. The van der Waals surface area contributed by atoms with Crippen molar-refractivity contribution in [1.82, 2.24) is 14.1 Å². The highest BCUT2D eigenvalue weighted by Gasteiger charge is 2.43. The number of alkyl halides is 30. The van der Waals surface area contributed by atoms with Gasteiger partial charge in [0.2, 0.25) is 0 Å². The molecule has 9 aromatic carbocycles. The van der Waals surface area contributed by atoms with Gasteiger partial charge in [0.25, 0.3) is 0 Å². The van der Waals surface area contributed by atoms with E-state index in [0.29, 0.717) is 12.3 Å². The standard InChI is InChI=1S/C69H29F30N3/c70-60(71,72)39-9-34(10-40(23-39)61(73,74)75)30-1-5-49-50-6-2-31(35-11-41(62(76,77)78)24-42(12-35)63(79,80)81)20-55(50)101(54(49)19-30)58-29-100-59(28-53(58)38-17-47(68(94,95)96)27-48(18-38)69(97,98)99)102-56-21-32(36-13-43(64(82,83)84)25-44(14-36)65(85,86)87)3-7-51(56)52-8-4-33(22-57(52)102)37-15-45(66(88,89)90)26-46(16-37)67(91,92)93/h1-29H. The maximum Gasteiger partial charge on any atom is 0.416 e. The molecule has 33 heteroatoms. The Morgan fingerprint density at radius 3 is 0.598 bits per heavy atom. The normalized spacial score (nSPS) is 13.6. The van der Waals surface area contributed by atoms with Crippen LogP contribution in [-0.2, 0) is 61.8 Å². The van der Waals surface area contributed by atoms with Crippen molar-refractivity contribution in [2.24, 2.45) is 0 Å². The van der Waals surface area contributed by atoms with Gasteiger partial charge in [-0.1, -0.05) is 48.5 Å². The minimum Gasteiger partial charge on any atom is -0.307 e. The zero-order valence-electron chi connectivity index (χ0n) is 49.4. The molecule has 3 aromatic heterocycles. The molecule has 0 radical (unpaired) electrons.